The smallest absolute Gasteiger partial charge is 0.337 e. The molecule has 0 fully saturated rings. The molecule has 0 aliphatic rings. The predicted octanol–water partition coefficient (Wildman–Crippen LogP) is 4.92. The number of aromatic carboxylic acids is 1. The van der Waals surface area contributed by atoms with Crippen LogP contribution in [0.1, 0.15) is 49.2 Å². The molecule has 0 aliphatic carbocycles. The lowest BCUT2D eigenvalue weighted by Gasteiger charge is -2.30. The van der Waals surface area contributed by atoms with Gasteiger partial charge < -0.3 is 10.0 Å². The molecule has 6 nitrogen and oxygen atoms in total. The third kappa shape index (κ3) is 6.23. The van der Waals surface area contributed by atoms with Crippen LogP contribution in [0.25, 0.3) is 0 Å². The highest BCUT2D eigenvalue weighted by Crippen LogP contribution is 2.28. The number of nitrogens with zero attached hydrogens (tertiary/aromatic N) is 1. The fraction of sp³-hybridized carbons (Fsp3) is 0.435. The van der Waals surface area contributed by atoms with Gasteiger partial charge in [-0.25, -0.2) is 13.2 Å². The zero-order chi connectivity index (χ0) is 22.6. The average Bonchev–Trinajstić information content (AvgIpc) is 2.59. The summed E-state index contributed by atoms with van der Waals surface area (Å²) in [7, 11) is -3.83. The van der Waals surface area contributed by atoms with E-state index >= 15 is 0 Å². The highest BCUT2D eigenvalue weighted by atomic mass is 32.2. The number of nitrogens with one attached hydrogen (secondary N) is 1. The molecule has 7 heteroatoms. The molecule has 2 aromatic carbocycles. The van der Waals surface area contributed by atoms with Gasteiger partial charge >= 0.3 is 5.97 Å². The van der Waals surface area contributed by atoms with Crippen molar-refractivity contribution in [1.82, 2.24) is 0 Å². The molecule has 2 N–H and O–H groups in total. The Bertz CT molecular complexity index is 984. The lowest BCUT2D eigenvalue weighted by Crippen LogP contribution is -2.32. The van der Waals surface area contributed by atoms with Crippen molar-refractivity contribution in [2.24, 2.45) is 11.8 Å². The van der Waals surface area contributed by atoms with Crippen molar-refractivity contribution in [3.63, 3.8) is 0 Å². The number of hydrogen-bond donors (Lipinski definition) is 2. The van der Waals surface area contributed by atoms with Crippen LogP contribution in [0.2, 0.25) is 0 Å². The van der Waals surface area contributed by atoms with Crippen LogP contribution in [-0.4, -0.2) is 32.6 Å². The fourth-order valence-corrected chi connectivity index (χ4v) is 4.74. The van der Waals surface area contributed by atoms with E-state index in [0.29, 0.717) is 30.6 Å². The number of hydrogen-bond acceptors (Lipinski definition) is 4. The van der Waals surface area contributed by atoms with Gasteiger partial charge in [0.05, 0.1) is 16.1 Å². The first-order valence-electron chi connectivity index (χ1n) is 10.1. The maximum Gasteiger partial charge on any atom is 0.337 e. The Morgan fingerprint density at radius 1 is 0.967 bits per heavy atom. The zero-order valence-electron chi connectivity index (χ0n) is 18.6. The van der Waals surface area contributed by atoms with Gasteiger partial charge in [0.25, 0.3) is 10.0 Å². The van der Waals surface area contributed by atoms with E-state index in [-0.39, 0.29) is 16.1 Å². The number of anilines is 2. The summed E-state index contributed by atoms with van der Waals surface area (Å²) in [4.78, 5) is 14.2. The topological polar surface area (TPSA) is 86.7 Å². The van der Waals surface area contributed by atoms with E-state index in [1.807, 2.05) is 19.9 Å². The van der Waals surface area contributed by atoms with Crippen molar-refractivity contribution in [3.05, 3.63) is 53.1 Å². The molecule has 2 rings (SSSR count). The van der Waals surface area contributed by atoms with Gasteiger partial charge in [0.1, 0.15) is 0 Å². The quantitative estimate of drug-likeness (QED) is 0.587. The molecule has 0 heterocycles. The summed E-state index contributed by atoms with van der Waals surface area (Å²) in [5.74, 6) is -0.378. The van der Waals surface area contributed by atoms with Crippen LogP contribution in [-0.2, 0) is 10.0 Å². The SMILES string of the molecule is Cc1cc(C)cc(S(=O)(=O)Nc2ccc(N(CC(C)C)CC(C)C)c(C(=O)O)c2)c1. The Morgan fingerprint density at radius 3 is 1.97 bits per heavy atom. The van der Waals surface area contributed by atoms with Crippen LogP contribution in [0.15, 0.2) is 41.3 Å². The van der Waals surface area contributed by atoms with Crippen molar-refractivity contribution < 1.29 is 18.3 Å². The molecule has 0 saturated carbocycles. The standard InChI is InChI=1S/C23H32N2O4S/c1-15(2)13-25(14-16(3)4)22-8-7-19(12-21(22)23(26)27)24-30(28,29)20-10-17(5)9-18(6)11-20/h7-12,15-16,24H,13-14H2,1-6H3,(H,26,27). The Balaban J connectivity index is 2.44. The van der Waals surface area contributed by atoms with Crippen molar-refractivity contribution in [1.29, 1.82) is 0 Å². The molecular formula is C23H32N2O4S. The van der Waals surface area contributed by atoms with Crippen LogP contribution in [0.4, 0.5) is 11.4 Å². The lowest BCUT2D eigenvalue weighted by atomic mass is 10.1. The van der Waals surface area contributed by atoms with E-state index in [9.17, 15) is 18.3 Å². The molecule has 0 spiro atoms. The first kappa shape index (κ1) is 23.7. The summed E-state index contributed by atoms with van der Waals surface area (Å²) < 4.78 is 28.2. The van der Waals surface area contributed by atoms with Gasteiger partial charge in [0.2, 0.25) is 0 Å². The monoisotopic (exact) mass is 432 g/mol. The van der Waals surface area contributed by atoms with Crippen molar-refractivity contribution in [2.75, 3.05) is 22.7 Å². The number of aryl methyl sites for hydroxylation is 2. The molecule has 0 unspecified atom stereocenters. The summed E-state index contributed by atoms with van der Waals surface area (Å²) in [5, 5.41) is 9.79. The van der Waals surface area contributed by atoms with Gasteiger partial charge in [-0.05, 0) is 67.1 Å². The van der Waals surface area contributed by atoms with Gasteiger partial charge in [-0.3, -0.25) is 4.72 Å². The molecule has 2 aromatic rings. The maximum absolute atomic E-state index is 12.8. The highest BCUT2D eigenvalue weighted by Gasteiger charge is 2.21. The van der Waals surface area contributed by atoms with E-state index in [1.54, 1.807) is 24.3 Å². The maximum atomic E-state index is 12.8. The first-order valence-corrected chi connectivity index (χ1v) is 11.6. The molecule has 30 heavy (non-hydrogen) atoms. The van der Waals surface area contributed by atoms with E-state index < -0.39 is 16.0 Å². The number of carbonyl (C=O) groups is 1. The fourth-order valence-electron chi connectivity index (χ4n) is 3.50. The van der Waals surface area contributed by atoms with Crippen LogP contribution < -0.4 is 9.62 Å². The molecule has 0 aromatic heterocycles. The van der Waals surface area contributed by atoms with Crippen LogP contribution >= 0.6 is 0 Å². The summed E-state index contributed by atoms with van der Waals surface area (Å²) in [5.41, 5.74) is 2.59. The Hall–Kier alpha value is -2.54. The third-order valence-corrected chi connectivity index (χ3v) is 5.86. The second kappa shape index (κ2) is 9.51. The minimum absolute atomic E-state index is 0.0805. The minimum Gasteiger partial charge on any atom is -0.478 e. The number of benzene rings is 2. The van der Waals surface area contributed by atoms with Crippen LogP contribution in [0.5, 0.6) is 0 Å². The van der Waals surface area contributed by atoms with Gasteiger partial charge in [0.15, 0.2) is 0 Å². The number of carboxylic acid groups (broad SMARTS) is 1. The molecule has 164 valence electrons. The molecule has 0 radical (unpaired) electrons. The number of sulfonamides is 1. The van der Waals surface area contributed by atoms with E-state index in [2.05, 4.69) is 37.3 Å². The average molecular weight is 433 g/mol. The van der Waals surface area contributed by atoms with Gasteiger partial charge in [-0.15, -0.1) is 0 Å². The molecule has 0 aliphatic heterocycles. The van der Waals surface area contributed by atoms with Gasteiger partial charge in [-0.2, -0.15) is 0 Å². The Morgan fingerprint density at radius 2 is 1.50 bits per heavy atom. The molecular weight excluding hydrogens is 400 g/mol. The summed E-state index contributed by atoms with van der Waals surface area (Å²) in [6, 6.07) is 9.78. The van der Waals surface area contributed by atoms with Gasteiger partial charge in [-0.1, -0.05) is 33.8 Å². The largest absolute Gasteiger partial charge is 0.478 e. The second-order valence-electron chi connectivity index (χ2n) is 8.66. The van der Waals surface area contributed by atoms with Crippen molar-refractivity contribution in [3.8, 4) is 0 Å². The van der Waals surface area contributed by atoms with Crippen molar-refractivity contribution >= 4 is 27.4 Å². The van der Waals surface area contributed by atoms with E-state index in [0.717, 1.165) is 11.1 Å². The van der Waals surface area contributed by atoms with Crippen LogP contribution in [0.3, 0.4) is 0 Å². The lowest BCUT2D eigenvalue weighted by molar-refractivity contribution is 0.0697. The number of carboxylic acids is 1. The summed E-state index contributed by atoms with van der Waals surface area (Å²) in [6.07, 6.45) is 0. The minimum atomic E-state index is -3.83. The Labute approximate surface area is 180 Å². The summed E-state index contributed by atoms with van der Waals surface area (Å²) in [6.45, 7) is 13.4. The predicted molar refractivity (Wildman–Crippen MR) is 122 cm³/mol. The van der Waals surface area contributed by atoms with E-state index in [4.69, 9.17) is 0 Å². The van der Waals surface area contributed by atoms with E-state index in [1.165, 1.54) is 6.07 Å². The number of rotatable bonds is 9. The summed E-state index contributed by atoms with van der Waals surface area (Å²) >= 11 is 0. The highest BCUT2D eigenvalue weighted by molar-refractivity contribution is 7.92. The third-order valence-electron chi connectivity index (χ3n) is 4.50. The molecule has 0 bridgehead atoms. The second-order valence-corrected chi connectivity index (χ2v) is 10.3. The first-order chi connectivity index (χ1) is 13.9. The van der Waals surface area contributed by atoms with Crippen LogP contribution in [0, 0.1) is 25.7 Å². The molecule has 0 atom stereocenters. The van der Waals surface area contributed by atoms with Gasteiger partial charge in [0, 0.05) is 18.8 Å². The van der Waals surface area contributed by atoms with Crippen molar-refractivity contribution in [2.45, 2.75) is 46.4 Å². The normalized spacial score (nSPS) is 11.7. The Kier molecular flexibility index (Phi) is 7.53. The zero-order valence-corrected chi connectivity index (χ0v) is 19.4. The molecule has 0 amide bonds. The molecule has 0 saturated heterocycles.